The Morgan fingerprint density at radius 3 is 1.01 bits per heavy atom. The maximum atomic E-state index is 13.7. The zero-order chi connectivity index (χ0) is 93.6. The number of nitrogens with zero attached hydrogens (tertiary/aromatic N) is 18. The number of alkyl halides is 6. The molecule has 0 radical (unpaired) electrons. The van der Waals surface area contributed by atoms with Crippen molar-refractivity contribution in [3.63, 3.8) is 0 Å². The third kappa shape index (κ3) is 24.4. The SMILES string of the molecule is Cc1ccccc1C(=O)Nc1nc(NC(=O)c2ccc(N=[N+]=N)cc2)n(-c2ccc(OC(F)(F)F)cc2)n1.Cc1ccccc1C(=O)Nc1nc(NC(=O)c2ccno2)n(-c2ccc(OC(F)(F)F)cc2)n1.Cc1ccccc1C(=O)Nc1nc(NC(=O)c2ccno2)n(-c2cccc(F)c2)n1.O=C(Nc1nc(NC(=O)c2cccnc2)n(-c2cccc(F)c2)n1)c1cccnc1. The molecule has 9 N–H and O–H groups in total. The molecule has 0 bridgehead atoms. The smallest absolute Gasteiger partial charge is 0.406 e. The summed E-state index contributed by atoms with van der Waals surface area (Å²) in [7, 11) is 0. The number of benzene rings is 8. The van der Waals surface area contributed by atoms with Crippen LogP contribution in [0.3, 0.4) is 0 Å². The van der Waals surface area contributed by atoms with Crippen molar-refractivity contribution in [3.05, 3.63) is 341 Å². The van der Waals surface area contributed by atoms with Crippen molar-refractivity contribution in [3.8, 4) is 34.2 Å². The Hall–Kier alpha value is -18.8. The first-order chi connectivity index (χ1) is 63.4. The molecule has 8 heterocycles. The monoisotopic (exact) mass is 1800 g/mol. The molecule has 0 aliphatic rings. The molecule has 664 valence electrons. The number of aryl methyl sites for hydroxylation is 3. The second-order valence-electron chi connectivity index (χ2n) is 26.8. The number of aromatic nitrogens is 16. The fraction of sp³-hybridized carbons (Fsp3) is 0.0588. The van der Waals surface area contributed by atoms with E-state index in [4.69, 9.17) is 14.6 Å². The zero-order valence-electron chi connectivity index (χ0n) is 67.9. The lowest BCUT2D eigenvalue weighted by atomic mass is 10.1. The van der Waals surface area contributed by atoms with Crippen LogP contribution in [0.5, 0.6) is 11.5 Å². The summed E-state index contributed by atoms with van der Waals surface area (Å²) < 4.78 is 124. The third-order valence-corrected chi connectivity index (χ3v) is 17.6. The summed E-state index contributed by atoms with van der Waals surface area (Å²) >= 11 is 0. The zero-order valence-corrected chi connectivity index (χ0v) is 67.9. The molecule has 132 heavy (non-hydrogen) atoms. The molecule has 0 saturated carbocycles. The third-order valence-electron chi connectivity index (χ3n) is 17.6. The summed E-state index contributed by atoms with van der Waals surface area (Å²) in [5, 5.41) is 47.6. The molecule has 16 aromatic rings. The number of halogens is 8. The van der Waals surface area contributed by atoms with Crippen LogP contribution < -0.4 is 56.9 Å². The second kappa shape index (κ2) is 41.3. The molecular formula is C85H62F8N27O12+. The van der Waals surface area contributed by atoms with Crippen molar-refractivity contribution >= 4 is 101 Å². The van der Waals surface area contributed by atoms with Gasteiger partial charge in [-0.05, 0) is 189 Å². The van der Waals surface area contributed by atoms with Crippen LogP contribution in [-0.2, 0) is 0 Å². The van der Waals surface area contributed by atoms with Crippen LogP contribution in [0.1, 0.15) is 99.9 Å². The minimum absolute atomic E-state index is 0.00376. The minimum atomic E-state index is -4.86. The Kier molecular flexibility index (Phi) is 28.4. The lowest BCUT2D eigenvalue weighted by Gasteiger charge is -2.10. The highest BCUT2D eigenvalue weighted by Crippen LogP contribution is 2.30. The number of ether oxygens (including phenoxy) is 2. The molecule has 16 rings (SSSR count). The molecule has 0 aliphatic heterocycles. The van der Waals surface area contributed by atoms with E-state index < -0.39 is 83.1 Å². The van der Waals surface area contributed by atoms with E-state index in [0.29, 0.717) is 50.4 Å². The Bertz CT molecular complexity index is 6900. The Balaban J connectivity index is 0.000000150. The first kappa shape index (κ1) is 90.9. The molecule has 0 saturated heterocycles. The van der Waals surface area contributed by atoms with E-state index in [-0.39, 0.29) is 76.0 Å². The van der Waals surface area contributed by atoms with Crippen molar-refractivity contribution in [1.29, 1.82) is 5.53 Å². The van der Waals surface area contributed by atoms with E-state index in [1.165, 1.54) is 137 Å². The van der Waals surface area contributed by atoms with Gasteiger partial charge in [-0.2, -0.15) is 38.7 Å². The summed E-state index contributed by atoms with van der Waals surface area (Å²) in [6.45, 7) is 5.32. The fourth-order valence-corrected chi connectivity index (χ4v) is 11.5. The lowest BCUT2D eigenvalue weighted by molar-refractivity contribution is -0.275. The van der Waals surface area contributed by atoms with E-state index in [1.54, 1.807) is 130 Å². The Morgan fingerprint density at radius 2 is 0.689 bits per heavy atom. The number of hydrogen-bond donors (Lipinski definition) is 9. The van der Waals surface area contributed by atoms with Gasteiger partial charge in [-0.3, -0.25) is 90.9 Å². The van der Waals surface area contributed by atoms with Crippen LogP contribution >= 0.6 is 0 Å². The molecule has 8 aromatic heterocycles. The number of nitrogens with one attached hydrogen (secondary N) is 9. The Morgan fingerprint density at radius 1 is 0.356 bits per heavy atom. The van der Waals surface area contributed by atoms with Crippen molar-refractivity contribution in [1.82, 2.24) is 84.3 Å². The van der Waals surface area contributed by atoms with Crippen molar-refractivity contribution in [2.45, 2.75) is 33.5 Å². The van der Waals surface area contributed by atoms with Gasteiger partial charge in [0.2, 0.25) is 40.2 Å². The number of amides is 8. The van der Waals surface area contributed by atoms with Gasteiger partial charge in [-0.15, -0.1) is 46.7 Å². The molecule has 0 fully saturated rings. The van der Waals surface area contributed by atoms with E-state index in [0.717, 1.165) is 44.8 Å². The van der Waals surface area contributed by atoms with Crippen LogP contribution in [0.25, 0.3) is 22.7 Å². The van der Waals surface area contributed by atoms with Gasteiger partial charge in [-0.1, -0.05) is 77.0 Å². The number of hydrogen-bond acceptors (Lipinski definition) is 26. The van der Waals surface area contributed by atoms with Gasteiger partial charge in [0.15, 0.2) is 10.8 Å². The first-order valence-electron chi connectivity index (χ1n) is 38.0. The lowest BCUT2D eigenvalue weighted by Crippen LogP contribution is -2.17. The number of pyridine rings is 2. The molecule has 47 heteroatoms. The summed E-state index contributed by atoms with van der Waals surface area (Å²) in [4.78, 5) is 128. The van der Waals surface area contributed by atoms with Gasteiger partial charge < -0.3 is 18.5 Å². The van der Waals surface area contributed by atoms with Crippen LogP contribution in [0.4, 0.5) is 88.4 Å². The molecule has 0 aliphatic carbocycles. The highest BCUT2D eigenvalue weighted by Gasteiger charge is 2.33. The highest BCUT2D eigenvalue weighted by molar-refractivity contribution is 6.08. The van der Waals surface area contributed by atoms with Gasteiger partial charge in [0.1, 0.15) is 28.7 Å². The first-order valence-corrected chi connectivity index (χ1v) is 38.0. The van der Waals surface area contributed by atoms with Gasteiger partial charge in [0.25, 0.3) is 71.1 Å². The molecule has 8 aromatic carbocycles. The predicted molar refractivity (Wildman–Crippen MR) is 451 cm³/mol. The number of carbonyl (C=O) groups is 8. The quantitative estimate of drug-likeness (QED) is 0.0163. The van der Waals surface area contributed by atoms with Crippen molar-refractivity contribution in [2.24, 2.45) is 5.11 Å². The summed E-state index contributed by atoms with van der Waals surface area (Å²) in [5.74, 6) is -7.11. The largest absolute Gasteiger partial charge is 0.573 e. The van der Waals surface area contributed by atoms with E-state index in [1.807, 2.05) is 6.07 Å². The van der Waals surface area contributed by atoms with Crippen molar-refractivity contribution < 1.29 is 92.0 Å². The van der Waals surface area contributed by atoms with Crippen LogP contribution in [0, 0.1) is 37.9 Å². The highest BCUT2D eigenvalue weighted by atomic mass is 19.4. The topological polar surface area (TPSA) is 502 Å². The summed E-state index contributed by atoms with van der Waals surface area (Å²) in [6, 6.07) is 56.2. The number of carbonyl (C=O) groups excluding carboxylic acids is 8. The van der Waals surface area contributed by atoms with E-state index in [2.05, 4.69) is 123 Å². The molecule has 39 nitrogen and oxygen atoms in total. The average Bonchev–Trinajstić information content (AvgIpc) is 1.68. The van der Waals surface area contributed by atoms with Crippen molar-refractivity contribution in [2.75, 3.05) is 42.5 Å². The molecule has 0 unspecified atom stereocenters. The Labute approximate surface area is 735 Å². The maximum absolute atomic E-state index is 13.7. The van der Waals surface area contributed by atoms with E-state index in [9.17, 15) is 73.5 Å². The van der Waals surface area contributed by atoms with Gasteiger partial charge in [-0.25, -0.2) is 8.78 Å². The molecule has 8 amide bonds. The second-order valence-corrected chi connectivity index (χ2v) is 26.8. The van der Waals surface area contributed by atoms with Gasteiger partial charge >= 0.3 is 12.7 Å². The molecule has 0 spiro atoms. The predicted octanol–water partition coefficient (Wildman–Crippen LogP) is 15.0. The summed E-state index contributed by atoms with van der Waals surface area (Å²) in [5.41, 5.74) is 12.4. The standard InChI is InChI=1S/C24H17F3N8O3.C21H15F3N6O4.C20H14FN7O2.C20H15FN6O3/c1-14-4-2-3-5-19(14)21(37)29-22-31-23(30-20(36)15-6-8-16(9-7-15)32-34-28)35(33-22)17-10-12-18(13-11-17)38-24(25,26)27;1-12-4-2-3-5-15(12)17(31)26-19-28-20(27-18(32)16-10-11-25-34-16)30(29-19)13-6-8-14(9-7-13)33-21(22,23)24;21-15-6-1-7-16(10-15)28-20(25-18(30)14-5-3-9-23-12-14)26-19(27-28)24-17(29)13-4-2-8-22-11-13;1-12-5-2-3-8-15(12)17(28)23-19-25-20(24-18(29)16-9-10-22-30-16)27(26-19)14-7-4-6-13(21)11-14/h2-13H,1H3,(H2-,28,29,30,31,32,33,36,37);2-11H,1H3,(H2,26,27,28,29,31,32);1-12H,(H2,24,25,26,27,29,30);2-11H,1H3,(H2,23,24,25,26,28,29)/p+1. The molecular weight excluding hydrogens is 1740 g/mol. The minimum Gasteiger partial charge on any atom is -0.406 e. The van der Waals surface area contributed by atoms with Crippen LogP contribution in [-0.4, -0.2) is 139 Å². The van der Waals surface area contributed by atoms with Gasteiger partial charge in [0, 0.05) is 59.2 Å². The van der Waals surface area contributed by atoms with Crippen LogP contribution in [0.2, 0.25) is 0 Å². The normalized spacial score (nSPS) is 10.8. The van der Waals surface area contributed by atoms with E-state index >= 15 is 0 Å². The maximum Gasteiger partial charge on any atom is 0.573 e. The number of anilines is 8. The average molecular weight is 1810 g/mol. The fourth-order valence-electron chi connectivity index (χ4n) is 11.5. The van der Waals surface area contributed by atoms with Crippen LogP contribution in [0.15, 0.2) is 282 Å². The number of rotatable bonds is 23. The summed E-state index contributed by atoms with van der Waals surface area (Å²) in [6.07, 6.45) is -1.26. The van der Waals surface area contributed by atoms with Gasteiger partial charge in [0.05, 0.1) is 46.3 Å². The molecule has 0 atom stereocenters.